The molecule has 0 saturated heterocycles. The van der Waals surface area contributed by atoms with Crippen LogP contribution in [0.1, 0.15) is 22.3 Å². The minimum Gasteiger partial charge on any atom is -0.457 e. The number of anilines is 3. The molecule has 0 radical (unpaired) electrons. The van der Waals surface area contributed by atoms with Crippen molar-refractivity contribution < 1.29 is 4.74 Å². The van der Waals surface area contributed by atoms with Crippen molar-refractivity contribution in [2.45, 2.75) is 5.41 Å². The molecule has 0 saturated carbocycles. The van der Waals surface area contributed by atoms with E-state index >= 15 is 0 Å². The Morgan fingerprint density at radius 2 is 0.982 bits per heavy atom. The molecule has 1 unspecified atom stereocenters. The maximum atomic E-state index is 6.76. The van der Waals surface area contributed by atoms with E-state index in [1.54, 1.807) is 0 Å². The zero-order valence-corrected chi connectivity index (χ0v) is 30.1. The molecule has 258 valence electrons. The fourth-order valence-corrected chi connectivity index (χ4v) is 9.20. The van der Waals surface area contributed by atoms with E-state index in [2.05, 4.69) is 217 Å². The van der Waals surface area contributed by atoms with Crippen molar-refractivity contribution in [3.05, 3.63) is 235 Å². The summed E-state index contributed by atoms with van der Waals surface area (Å²) >= 11 is 0. The highest BCUT2D eigenvalue weighted by atomic mass is 16.5. The molecule has 0 bridgehead atoms. The van der Waals surface area contributed by atoms with Crippen molar-refractivity contribution in [1.82, 2.24) is 0 Å². The van der Waals surface area contributed by atoms with Crippen molar-refractivity contribution in [2.75, 3.05) is 4.90 Å². The van der Waals surface area contributed by atoms with Gasteiger partial charge in [-0.1, -0.05) is 164 Å². The SMILES string of the molecule is c1ccc(-c2ccccc2N(c2ccccc2)c2ccc(-c3ccc4c(c3)C3(c5ccccc5Oc5ccc6ccccc6c53)c3ccccc3-4)cc2)cc1. The molecule has 1 atom stereocenters. The third kappa shape index (κ3) is 4.75. The normalized spacial score (nSPS) is 14.8. The first kappa shape index (κ1) is 31.4. The van der Waals surface area contributed by atoms with E-state index in [0.717, 1.165) is 28.6 Å². The predicted octanol–water partition coefficient (Wildman–Crippen LogP) is 14.1. The molecule has 1 aliphatic heterocycles. The minimum absolute atomic E-state index is 0.557. The molecule has 0 fully saturated rings. The van der Waals surface area contributed by atoms with Crippen molar-refractivity contribution >= 4 is 27.8 Å². The van der Waals surface area contributed by atoms with Gasteiger partial charge in [-0.3, -0.25) is 0 Å². The second kappa shape index (κ2) is 12.5. The van der Waals surface area contributed by atoms with Crippen LogP contribution in [0.4, 0.5) is 17.1 Å². The van der Waals surface area contributed by atoms with E-state index in [1.807, 2.05) is 0 Å². The van der Waals surface area contributed by atoms with Crippen LogP contribution in [0.2, 0.25) is 0 Å². The van der Waals surface area contributed by atoms with E-state index in [0.29, 0.717) is 0 Å². The monoisotopic (exact) mass is 701 g/mol. The van der Waals surface area contributed by atoms with Crippen LogP contribution >= 0.6 is 0 Å². The Morgan fingerprint density at radius 3 is 1.82 bits per heavy atom. The van der Waals surface area contributed by atoms with E-state index in [4.69, 9.17) is 4.74 Å². The Balaban J connectivity index is 1.09. The molecule has 2 heteroatoms. The van der Waals surface area contributed by atoms with Crippen LogP contribution in [-0.4, -0.2) is 0 Å². The second-order valence-corrected chi connectivity index (χ2v) is 14.4. The molecule has 2 aliphatic rings. The molecule has 2 nitrogen and oxygen atoms in total. The first-order valence-corrected chi connectivity index (χ1v) is 18.9. The summed E-state index contributed by atoms with van der Waals surface area (Å²) in [6.07, 6.45) is 0. The maximum absolute atomic E-state index is 6.76. The number of nitrogens with zero attached hydrogens (tertiary/aromatic N) is 1. The van der Waals surface area contributed by atoms with Crippen LogP contribution < -0.4 is 9.64 Å². The quantitative estimate of drug-likeness (QED) is 0.177. The van der Waals surface area contributed by atoms with Crippen LogP contribution in [0.15, 0.2) is 212 Å². The second-order valence-electron chi connectivity index (χ2n) is 14.4. The highest BCUT2D eigenvalue weighted by Gasteiger charge is 2.51. The van der Waals surface area contributed by atoms with Crippen LogP contribution in [-0.2, 0) is 5.41 Å². The fourth-order valence-electron chi connectivity index (χ4n) is 9.20. The number of ether oxygens (including phenoxy) is 1. The van der Waals surface area contributed by atoms with Crippen LogP contribution in [0.5, 0.6) is 11.5 Å². The largest absolute Gasteiger partial charge is 0.457 e. The molecule has 1 spiro atoms. The molecular formula is C53H35NO. The van der Waals surface area contributed by atoms with Gasteiger partial charge >= 0.3 is 0 Å². The highest BCUT2D eigenvalue weighted by molar-refractivity contribution is 5.98. The standard InChI is InChI=1S/C53H35NO/c1-3-15-37(16-4-1)42-20-10-13-25-49(42)54(40-18-5-2-6-19-40)41-31-27-36(28-32-41)39-29-33-45-44-22-9-11-23-46(44)53(48(45)35-39)47-24-12-14-26-50(47)55-51-34-30-38-17-7-8-21-43(38)52(51)53/h1-35H. The van der Waals surface area contributed by atoms with Gasteiger partial charge in [0, 0.05) is 28.1 Å². The zero-order chi connectivity index (χ0) is 36.3. The summed E-state index contributed by atoms with van der Waals surface area (Å²) in [5, 5.41) is 2.42. The Morgan fingerprint density at radius 1 is 0.364 bits per heavy atom. The molecule has 1 aliphatic carbocycles. The summed E-state index contributed by atoms with van der Waals surface area (Å²) in [4.78, 5) is 2.36. The van der Waals surface area contributed by atoms with Crippen molar-refractivity contribution in [1.29, 1.82) is 0 Å². The van der Waals surface area contributed by atoms with E-state index < -0.39 is 5.41 Å². The summed E-state index contributed by atoms with van der Waals surface area (Å²) in [6, 6.07) is 76.7. The number of hydrogen-bond acceptors (Lipinski definition) is 2. The summed E-state index contributed by atoms with van der Waals surface area (Å²) in [7, 11) is 0. The molecule has 0 N–H and O–H groups in total. The van der Waals surface area contributed by atoms with Gasteiger partial charge in [-0.15, -0.1) is 0 Å². The van der Waals surface area contributed by atoms with Crippen LogP contribution in [0.25, 0.3) is 44.2 Å². The molecule has 9 aromatic carbocycles. The third-order valence-electron chi connectivity index (χ3n) is 11.5. The lowest BCUT2D eigenvalue weighted by atomic mass is 9.64. The van der Waals surface area contributed by atoms with Gasteiger partial charge in [0.05, 0.1) is 11.1 Å². The van der Waals surface area contributed by atoms with Crippen molar-refractivity contribution in [2.24, 2.45) is 0 Å². The number of fused-ring (bicyclic) bond motifs is 11. The first-order chi connectivity index (χ1) is 27.3. The van der Waals surface area contributed by atoms with Crippen molar-refractivity contribution in [3.8, 4) is 44.9 Å². The summed E-state index contributed by atoms with van der Waals surface area (Å²) in [6.45, 7) is 0. The fraction of sp³-hybridized carbons (Fsp3) is 0.0189. The maximum Gasteiger partial charge on any atom is 0.132 e. The molecule has 9 aromatic rings. The third-order valence-corrected chi connectivity index (χ3v) is 11.5. The van der Waals surface area contributed by atoms with Gasteiger partial charge < -0.3 is 9.64 Å². The van der Waals surface area contributed by atoms with Gasteiger partial charge in [0.1, 0.15) is 11.5 Å². The summed E-state index contributed by atoms with van der Waals surface area (Å²) < 4.78 is 6.76. The average molecular weight is 702 g/mol. The molecule has 55 heavy (non-hydrogen) atoms. The summed E-state index contributed by atoms with van der Waals surface area (Å²) in [5.41, 5.74) is 15.0. The predicted molar refractivity (Wildman–Crippen MR) is 227 cm³/mol. The van der Waals surface area contributed by atoms with E-state index in [1.165, 1.54) is 66.4 Å². The van der Waals surface area contributed by atoms with E-state index in [-0.39, 0.29) is 0 Å². The molecule has 0 aromatic heterocycles. The Hall–Kier alpha value is -7.16. The lowest BCUT2D eigenvalue weighted by Gasteiger charge is -2.40. The first-order valence-electron chi connectivity index (χ1n) is 18.9. The van der Waals surface area contributed by atoms with Crippen LogP contribution in [0, 0.1) is 0 Å². The van der Waals surface area contributed by atoms with Crippen molar-refractivity contribution in [3.63, 3.8) is 0 Å². The smallest absolute Gasteiger partial charge is 0.132 e. The highest BCUT2D eigenvalue weighted by Crippen LogP contribution is 2.63. The van der Waals surface area contributed by atoms with Gasteiger partial charge in [-0.05, 0) is 98.2 Å². The van der Waals surface area contributed by atoms with Gasteiger partial charge in [-0.25, -0.2) is 0 Å². The number of para-hydroxylation sites is 3. The van der Waals surface area contributed by atoms with Gasteiger partial charge in [0.2, 0.25) is 0 Å². The topological polar surface area (TPSA) is 12.5 Å². The molecule has 0 amide bonds. The van der Waals surface area contributed by atoms with Crippen LogP contribution in [0.3, 0.4) is 0 Å². The number of benzene rings is 9. The van der Waals surface area contributed by atoms with Gasteiger partial charge in [0.25, 0.3) is 0 Å². The molecular weight excluding hydrogens is 667 g/mol. The Kier molecular flexibility index (Phi) is 7.11. The lowest BCUT2D eigenvalue weighted by Crippen LogP contribution is -2.32. The molecule has 11 rings (SSSR count). The number of hydrogen-bond donors (Lipinski definition) is 0. The average Bonchev–Trinajstić information content (AvgIpc) is 3.54. The lowest BCUT2D eigenvalue weighted by molar-refractivity contribution is 0.438. The van der Waals surface area contributed by atoms with Gasteiger partial charge in [-0.2, -0.15) is 0 Å². The van der Waals surface area contributed by atoms with Gasteiger partial charge in [0.15, 0.2) is 0 Å². The minimum atomic E-state index is -0.557. The van der Waals surface area contributed by atoms with E-state index in [9.17, 15) is 0 Å². The zero-order valence-electron chi connectivity index (χ0n) is 30.1. The number of rotatable bonds is 5. The Bertz CT molecular complexity index is 2900. The Labute approximate surface area is 321 Å². The summed E-state index contributed by atoms with van der Waals surface area (Å²) in [5.74, 6) is 1.81. The molecule has 1 heterocycles.